The van der Waals surface area contributed by atoms with E-state index in [0.717, 1.165) is 30.0 Å². The minimum atomic E-state index is -0.590. The van der Waals surface area contributed by atoms with Crippen molar-refractivity contribution in [2.24, 2.45) is 0 Å². The lowest BCUT2D eigenvalue weighted by atomic mass is 9.93. The quantitative estimate of drug-likeness (QED) is 0.695. The summed E-state index contributed by atoms with van der Waals surface area (Å²) in [4.78, 5) is 2.35. The van der Waals surface area contributed by atoms with Crippen LogP contribution < -0.4 is 0 Å². The molecule has 0 fully saturated rings. The first-order valence-corrected chi connectivity index (χ1v) is 9.95. The summed E-state index contributed by atoms with van der Waals surface area (Å²) in [6, 6.07) is 11.8. The van der Waals surface area contributed by atoms with Crippen LogP contribution in [0.3, 0.4) is 0 Å². The van der Waals surface area contributed by atoms with Crippen LogP contribution >= 0.6 is 34.8 Å². The Labute approximate surface area is 169 Å². The van der Waals surface area contributed by atoms with E-state index in [0.29, 0.717) is 22.6 Å². The number of hydrogen-bond donors (Lipinski definition) is 1. The van der Waals surface area contributed by atoms with Gasteiger partial charge in [0.15, 0.2) is 0 Å². The summed E-state index contributed by atoms with van der Waals surface area (Å²) >= 11 is 18.3. The van der Waals surface area contributed by atoms with Crippen molar-refractivity contribution in [3.8, 4) is 0 Å². The fraction of sp³-hybridized carbons (Fsp3) is 0.333. The standard InChI is InChI=1S/C21H20Cl3NO/c1-12-17-8-13-2-4-15(22)10-18(13)16(17)6-7-25(12)11-21(26)14-3-5-19(23)20(24)9-14/h2-5,9-10,12,21,26H,6-8,11H2,1H3. The summed E-state index contributed by atoms with van der Waals surface area (Å²) in [5.41, 5.74) is 6.36. The van der Waals surface area contributed by atoms with Gasteiger partial charge in [-0.25, -0.2) is 0 Å². The van der Waals surface area contributed by atoms with Gasteiger partial charge in [0.05, 0.1) is 16.1 Å². The maximum Gasteiger partial charge on any atom is 0.0917 e. The van der Waals surface area contributed by atoms with Gasteiger partial charge in [-0.15, -0.1) is 0 Å². The number of rotatable bonds is 3. The maximum absolute atomic E-state index is 10.7. The molecule has 5 heteroatoms. The van der Waals surface area contributed by atoms with Crippen molar-refractivity contribution in [3.05, 3.63) is 73.7 Å². The third kappa shape index (κ3) is 3.30. The Morgan fingerprint density at radius 3 is 2.69 bits per heavy atom. The molecule has 0 radical (unpaired) electrons. The number of aliphatic hydroxyl groups excluding tert-OH is 1. The summed E-state index contributed by atoms with van der Waals surface area (Å²) in [7, 11) is 0. The summed E-state index contributed by atoms with van der Waals surface area (Å²) in [5, 5.41) is 12.5. The van der Waals surface area contributed by atoms with Crippen molar-refractivity contribution >= 4 is 40.4 Å². The minimum absolute atomic E-state index is 0.294. The molecule has 1 N–H and O–H groups in total. The van der Waals surface area contributed by atoms with E-state index in [1.807, 2.05) is 12.1 Å². The fourth-order valence-electron chi connectivity index (χ4n) is 4.13. The van der Waals surface area contributed by atoms with E-state index >= 15 is 0 Å². The lowest BCUT2D eigenvalue weighted by Crippen LogP contribution is -2.41. The molecule has 136 valence electrons. The van der Waals surface area contributed by atoms with Gasteiger partial charge in [0, 0.05) is 24.2 Å². The second-order valence-electron chi connectivity index (χ2n) is 7.09. The molecular formula is C21H20Cl3NO. The highest BCUT2D eigenvalue weighted by atomic mass is 35.5. The van der Waals surface area contributed by atoms with Gasteiger partial charge in [-0.05, 0) is 71.9 Å². The van der Waals surface area contributed by atoms with E-state index < -0.39 is 6.10 Å². The largest absolute Gasteiger partial charge is 0.387 e. The summed E-state index contributed by atoms with van der Waals surface area (Å²) in [6.07, 6.45) is 1.37. The number of fused-ring (bicyclic) bond motifs is 2. The zero-order valence-corrected chi connectivity index (χ0v) is 16.7. The summed E-state index contributed by atoms with van der Waals surface area (Å²) in [5.74, 6) is 0. The summed E-state index contributed by atoms with van der Waals surface area (Å²) in [6.45, 7) is 3.72. The first kappa shape index (κ1) is 18.3. The Bertz CT molecular complexity index is 893. The van der Waals surface area contributed by atoms with Crippen LogP contribution in [0.5, 0.6) is 0 Å². The van der Waals surface area contributed by atoms with Crippen molar-refractivity contribution in [2.45, 2.75) is 31.9 Å². The van der Waals surface area contributed by atoms with Crippen LogP contribution in [0.15, 0.2) is 42.0 Å². The molecule has 2 nitrogen and oxygen atoms in total. The first-order chi connectivity index (χ1) is 12.4. The molecule has 2 unspecified atom stereocenters. The molecule has 2 atom stereocenters. The lowest BCUT2D eigenvalue weighted by Gasteiger charge is -2.36. The molecule has 0 spiro atoms. The normalized spacial score (nSPS) is 20.9. The number of β-amino-alcohol motifs (C(OH)–C–C–N with tert-alkyl or cyclic N) is 1. The molecular weight excluding hydrogens is 389 g/mol. The zero-order chi connectivity index (χ0) is 18.4. The highest BCUT2D eigenvalue weighted by Gasteiger charge is 2.33. The van der Waals surface area contributed by atoms with E-state index in [1.165, 1.54) is 22.3 Å². The monoisotopic (exact) mass is 407 g/mol. The van der Waals surface area contributed by atoms with Crippen LogP contribution in [-0.2, 0) is 6.42 Å². The fourth-order valence-corrected chi connectivity index (χ4v) is 4.61. The molecule has 0 saturated heterocycles. The molecule has 4 rings (SSSR count). The van der Waals surface area contributed by atoms with Crippen LogP contribution in [0.25, 0.3) is 5.57 Å². The van der Waals surface area contributed by atoms with Crippen molar-refractivity contribution in [1.82, 2.24) is 4.90 Å². The number of halogens is 3. The highest BCUT2D eigenvalue weighted by molar-refractivity contribution is 6.42. The number of nitrogens with zero attached hydrogens (tertiary/aromatic N) is 1. The second kappa shape index (κ2) is 7.18. The van der Waals surface area contributed by atoms with Crippen molar-refractivity contribution < 1.29 is 5.11 Å². The summed E-state index contributed by atoms with van der Waals surface area (Å²) < 4.78 is 0. The van der Waals surface area contributed by atoms with Crippen LogP contribution in [0.1, 0.15) is 36.1 Å². The highest BCUT2D eigenvalue weighted by Crippen LogP contribution is 2.42. The van der Waals surface area contributed by atoms with Gasteiger partial charge in [-0.3, -0.25) is 4.90 Å². The Balaban J connectivity index is 1.52. The van der Waals surface area contributed by atoms with Gasteiger partial charge in [0.25, 0.3) is 0 Å². The van der Waals surface area contributed by atoms with Gasteiger partial charge < -0.3 is 5.11 Å². The second-order valence-corrected chi connectivity index (χ2v) is 8.34. The van der Waals surface area contributed by atoms with Gasteiger partial charge in [0.2, 0.25) is 0 Å². The molecule has 26 heavy (non-hydrogen) atoms. The third-order valence-electron chi connectivity index (χ3n) is 5.60. The topological polar surface area (TPSA) is 23.5 Å². The Morgan fingerprint density at radius 1 is 1.12 bits per heavy atom. The molecule has 2 aromatic rings. The predicted octanol–water partition coefficient (Wildman–Crippen LogP) is 5.78. The Hall–Kier alpha value is -1.03. The SMILES string of the molecule is CC1C2=C(CCN1CC(O)c1ccc(Cl)c(Cl)c1)c1cc(Cl)ccc1C2. The first-order valence-electron chi connectivity index (χ1n) is 8.82. The van der Waals surface area contributed by atoms with E-state index in [9.17, 15) is 5.11 Å². The number of benzene rings is 2. The van der Waals surface area contributed by atoms with E-state index in [4.69, 9.17) is 34.8 Å². The van der Waals surface area contributed by atoms with Crippen LogP contribution in [0.4, 0.5) is 0 Å². The zero-order valence-electron chi connectivity index (χ0n) is 14.5. The van der Waals surface area contributed by atoms with Gasteiger partial charge in [-0.1, -0.05) is 46.9 Å². The molecule has 0 aromatic heterocycles. The maximum atomic E-state index is 10.7. The van der Waals surface area contributed by atoms with Gasteiger partial charge in [0.1, 0.15) is 0 Å². The minimum Gasteiger partial charge on any atom is -0.387 e. The number of hydrogen-bond acceptors (Lipinski definition) is 2. The number of aliphatic hydroxyl groups is 1. The molecule has 0 bridgehead atoms. The molecule has 2 aromatic carbocycles. The van der Waals surface area contributed by atoms with Crippen LogP contribution in [0.2, 0.25) is 15.1 Å². The van der Waals surface area contributed by atoms with Crippen molar-refractivity contribution in [1.29, 1.82) is 0 Å². The van der Waals surface area contributed by atoms with Crippen molar-refractivity contribution in [3.63, 3.8) is 0 Å². The molecule has 1 aliphatic carbocycles. The smallest absolute Gasteiger partial charge is 0.0917 e. The third-order valence-corrected chi connectivity index (χ3v) is 6.58. The lowest BCUT2D eigenvalue weighted by molar-refractivity contribution is 0.0977. The van der Waals surface area contributed by atoms with Gasteiger partial charge in [-0.2, -0.15) is 0 Å². The molecule has 1 aliphatic heterocycles. The van der Waals surface area contributed by atoms with E-state index in [2.05, 4.69) is 24.0 Å². The van der Waals surface area contributed by atoms with Crippen molar-refractivity contribution in [2.75, 3.05) is 13.1 Å². The van der Waals surface area contributed by atoms with Crippen LogP contribution in [0, 0.1) is 0 Å². The average Bonchev–Trinajstić information content (AvgIpc) is 2.98. The molecule has 0 saturated carbocycles. The predicted molar refractivity (Wildman–Crippen MR) is 109 cm³/mol. The Morgan fingerprint density at radius 2 is 1.92 bits per heavy atom. The Kier molecular flexibility index (Phi) is 5.06. The van der Waals surface area contributed by atoms with E-state index in [1.54, 1.807) is 12.1 Å². The van der Waals surface area contributed by atoms with Crippen LogP contribution in [-0.4, -0.2) is 29.1 Å². The van der Waals surface area contributed by atoms with E-state index in [-0.39, 0.29) is 0 Å². The van der Waals surface area contributed by atoms with Gasteiger partial charge >= 0.3 is 0 Å². The molecule has 2 aliphatic rings. The molecule has 1 heterocycles. The molecule has 0 amide bonds. The average molecular weight is 409 g/mol.